The highest BCUT2D eigenvalue weighted by molar-refractivity contribution is 5.91. The summed E-state index contributed by atoms with van der Waals surface area (Å²) in [5.41, 5.74) is 2.11. The number of pyridine rings is 1. The summed E-state index contributed by atoms with van der Waals surface area (Å²) in [4.78, 5) is 20.8. The number of rotatable bonds is 6. The first-order valence-electron chi connectivity index (χ1n) is 8.92. The van der Waals surface area contributed by atoms with E-state index in [1.807, 2.05) is 35.4 Å². The van der Waals surface area contributed by atoms with Crippen molar-refractivity contribution in [2.24, 2.45) is 0 Å². The van der Waals surface area contributed by atoms with Crippen LogP contribution in [0.2, 0.25) is 0 Å². The zero-order valence-corrected chi connectivity index (χ0v) is 15.1. The van der Waals surface area contributed by atoms with Gasteiger partial charge in [-0.15, -0.1) is 0 Å². The maximum atomic E-state index is 12.4. The van der Waals surface area contributed by atoms with Gasteiger partial charge in [0.15, 0.2) is 6.61 Å². The molecule has 1 aliphatic rings. The molecule has 1 aromatic carbocycles. The topological polar surface area (TPSA) is 69.5 Å². The summed E-state index contributed by atoms with van der Waals surface area (Å²) in [6.07, 6.45) is 7.08. The molecule has 138 valence electrons. The van der Waals surface area contributed by atoms with E-state index in [4.69, 9.17) is 10.00 Å². The summed E-state index contributed by atoms with van der Waals surface area (Å²) in [7, 11) is 0. The van der Waals surface area contributed by atoms with Crippen LogP contribution >= 0.6 is 0 Å². The second kappa shape index (κ2) is 9.51. The number of aromatic nitrogens is 1. The van der Waals surface area contributed by atoms with Crippen molar-refractivity contribution in [3.05, 3.63) is 66.0 Å². The van der Waals surface area contributed by atoms with Gasteiger partial charge in [0.1, 0.15) is 11.8 Å². The molecule has 0 spiro atoms. The Morgan fingerprint density at radius 2 is 1.96 bits per heavy atom. The Morgan fingerprint density at radius 3 is 2.63 bits per heavy atom. The van der Waals surface area contributed by atoms with Crippen molar-refractivity contribution in [2.75, 3.05) is 32.8 Å². The van der Waals surface area contributed by atoms with E-state index in [1.54, 1.807) is 30.5 Å². The number of piperazine rings is 1. The van der Waals surface area contributed by atoms with Crippen molar-refractivity contribution in [1.82, 2.24) is 14.8 Å². The zero-order chi connectivity index (χ0) is 18.9. The summed E-state index contributed by atoms with van der Waals surface area (Å²) in [5.74, 6) is 0.672. The van der Waals surface area contributed by atoms with E-state index in [0.29, 0.717) is 5.75 Å². The summed E-state index contributed by atoms with van der Waals surface area (Å²) in [6.45, 7) is 4.07. The summed E-state index contributed by atoms with van der Waals surface area (Å²) < 4.78 is 5.21. The molecule has 3 rings (SSSR count). The van der Waals surface area contributed by atoms with Gasteiger partial charge in [-0.05, 0) is 35.4 Å². The molecule has 1 saturated heterocycles. The van der Waals surface area contributed by atoms with Crippen molar-refractivity contribution >= 4 is 12.0 Å². The van der Waals surface area contributed by atoms with Crippen LogP contribution in [-0.2, 0) is 11.3 Å². The fraction of sp³-hybridized carbons (Fsp3) is 0.286. The molecule has 6 heteroatoms. The van der Waals surface area contributed by atoms with Gasteiger partial charge in [0, 0.05) is 51.2 Å². The molecule has 0 atom stereocenters. The lowest BCUT2D eigenvalue weighted by Gasteiger charge is -2.34. The highest BCUT2D eigenvalue weighted by Crippen LogP contribution is 2.14. The van der Waals surface area contributed by atoms with Gasteiger partial charge in [-0.25, -0.2) is 0 Å². The first kappa shape index (κ1) is 18.6. The van der Waals surface area contributed by atoms with Crippen LogP contribution in [-0.4, -0.2) is 53.5 Å². The fourth-order valence-electron chi connectivity index (χ4n) is 2.94. The number of hydrogen-bond donors (Lipinski definition) is 0. The molecule has 1 aliphatic heterocycles. The monoisotopic (exact) mass is 362 g/mol. The van der Waals surface area contributed by atoms with Crippen molar-refractivity contribution in [1.29, 1.82) is 5.26 Å². The van der Waals surface area contributed by atoms with Crippen LogP contribution in [0.5, 0.6) is 5.75 Å². The molecule has 1 fully saturated rings. The highest BCUT2D eigenvalue weighted by atomic mass is 16.5. The Labute approximate surface area is 159 Å². The van der Waals surface area contributed by atoms with E-state index in [2.05, 4.69) is 16.0 Å². The molecule has 0 aliphatic carbocycles. The lowest BCUT2D eigenvalue weighted by Crippen LogP contribution is -2.47. The predicted molar refractivity (Wildman–Crippen MR) is 103 cm³/mol. The standard InChI is InChI=1S/C21H22N4O2/c22-9-15-27-20-6-3-18(4-7-20)5-8-21(26)25-13-11-24(12-14-25)17-19-2-1-10-23-16-19/h1-8,10,16H,11-15,17H2/b8-5+. The Bertz CT molecular complexity index is 804. The normalized spacial score (nSPS) is 14.9. The van der Waals surface area contributed by atoms with Gasteiger partial charge in [0.25, 0.3) is 0 Å². The van der Waals surface area contributed by atoms with E-state index in [0.717, 1.165) is 38.3 Å². The van der Waals surface area contributed by atoms with Crippen molar-refractivity contribution in [3.63, 3.8) is 0 Å². The molecule has 0 bridgehead atoms. The molecular weight excluding hydrogens is 340 g/mol. The molecule has 0 N–H and O–H groups in total. The van der Waals surface area contributed by atoms with Crippen LogP contribution in [0.4, 0.5) is 0 Å². The van der Waals surface area contributed by atoms with Crippen molar-refractivity contribution < 1.29 is 9.53 Å². The molecule has 1 aromatic heterocycles. The minimum atomic E-state index is 0.0282. The second-order valence-electron chi connectivity index (χ2n) is 6.31. The third-order valence-electron chi connectivity index (χ3n) is 4.41. The fourth-order valence-corrected chi connectivity index (χ4v) is 2.94. The van der Waals surface area contributed by atoms with Gasteiger partial charge < -0.3 is 9.64 Å². The second-order valence-corrected chi connectivity index (χ2v) is 6.31. The lowest BCUT2D eigenvalue weighted by atomic mass is 10.2. The molecule has 0 radical (unpaired) electrons. The van der Waals surface area contributed by atoms with Gasteiger partial charge in [0.05, 0.1) is 0 Å². The maximum Gasteiger partial charge on any atom is 0.246 e. The van der Waals surface area contributed by atoms with Crippen LogP contribution in [0.1, 0.15) is 11.1 Å². The molecule has 1 amide bonds. The van der Waals surface area contributed by atoms with Crippen molar-refractivity contribution in [2.45, 2.75) is 6.54 Å². The maximum absolute atomic E-state index is 12.4. The predicted octanol–water partition coefficient (Wildman–Crippen LogP) is 2.34. The van der Waals surface area contributed by atoms with Gasteiger partial charge >= 0.3 is 0 Å². The Balaban J connectivity index is 1.46. The number of hydrogen-bond acceptors (Lipinski definition) is 5. The highest BCUT2D eigenvalue weighted by Gasteiger charge is 2.19. The van der Waals surface area contributed by atoms with Crippen molar-refractivity contribution in [3.8, 4) is 11.8 Å². The Hall–Kier alpha value is -3.17. The molecule has 6 nitrogen and oxygen atoms in total. The number of nitriles is 1. The van der Waals surface area contributed by atoms with Crippen LogP contribution < -0.4 is 4.74 Å². The lowest BCUT2D eigenvalue weighted by molar-refractivity contribution is -0.127. The smallest absolute Gasteiger partial charge is 0.246 e. The van der Waals surface area contributed by atoms with Crippen LogP contribution in [0.25, 0.3) is 6.08 Å². The van der Waals surface area contributed by atoms with Gasteiger partial charge in [-0.2, -0.15) is 5.26 Å². The van der Waals surface area contributed by atoms with Gasteiger partial charge in [-0.1, -0.05) is 18.2 Å². The molecular formula is C21H22N4O2. The van der Waals surface area contributed by atoms with E-state index < -0.39 is 0 Å². The van der Waals surface area contributed by atoms with E-state index in [-0.39, 0.29) is 12.5 Å². The summed E-state index contributed by atoms with van der Waals surface area (Å²) >= 11 is 0. The first-order chi connectivity index (χ1) is 13.2. The first-order valence-corrected chi connectivity index (χ1v) is 8.92. The number of ether oxygens (including phenoxy) is 1. The number of carbonyl (C=O) groups is 1. The summed E-state index contributed by atoms with van der Waals surface area (Å²) in [6, 6.07) is 13.3. The number of benzene rings is 1. The minimum absolute atomic E-state index is 0.0282. The molecule has 2 aromatic rings. The van der Waals surface area contributed by atoms with Crippen LogP contribution in [0, 0.1) is 11.3 Å². The third kappa shape index (κ3) is 5.66. The molecule has 2 heterocycles. The van der Waals surface area contributed by atoms with E-state index in [1.165, 1.54) is 5.56 Å². The Morgan fingerprint density at radius 1 is 1.19 bits per heavy atom. The van der Waals surface area contributed by atoms with Crippen LogP contribution in [0.15, 0.2) is 54.9 Å². The summed E-state index contributed by atoms with van der Waals surface area (Å²) in [5, 5.41) is 8.51. The number of nitrogens with zero attached hydrogens (tertiary/aromatic N) is 4. The molecule has 0 unspecified atom stereocenters. The van der Waals surface area contributed by atoms with Crippen LogP contribution in [0.3, 0.4) is 0 Å². The van der Waals surface area contributed by atoms with E-state index >= 15 is 0 Å². The van der Waals surface area contributed by atoms with Gasteiger partial charge in [-0.3, -0.25) is 14.7 Å². The molecule has 27 heavy (non-hydrogen) atoms. The zero-order valence-electron chi connectivity index (χ0n) is 15.1. The minimum Gasteiger partial charge on any atom is -0.479 e. The average Bonchev–Trinajstić information content (AvgIpc) is 2.72. The SMILES string of the molecule is N#CCOc1ccc(/C=C/C(=O)N2CCN(Cc3cccnc3)CC2)cc1. The quantitative estimate of drug-likeness (QED) is 0.738. The Kier molecular flexibility index (Phi) is 6.55. The van der Waals surface area contributed by atoms with E-state index in [9.17, 15) is 4.79 Å². The number of carbonyl (C=O) groups excluding carboxylic acids is 1. The largest absolute Gasteiger partial charge is 0.479 e. The third-order valence-corrected chi connectivity index (χ3v) is 4.41. The average molecular weight is 362 g/mol. The molecule has 0 saturated carbocycles. The number of amides is 1. The van der Waals surface area contributed by atoms with Gasteiger partial charge in [0.2, 0.25) is 5.91 Å².